The van der Waals surface area contributed by atoms with Gasteiger partial charge in [0.2, 0.25) is 6.41 Å². The Labute approximate surface area is 73.1 Å². The molecule has 2 atom stereocenters. The third-order valence-corrected chi connectivity index (χ3v) is 1.98. The fourth-order valence-corrected chi connectivity index (χ4v) is 1.08. The zero-order valence-corrected chi connectivity index (χ0v) is 7.86. The third kappa shape index (κ3) is 2.42. The van der Waals surface area contributed by atoms with Gasteiger partial charge in [0.05, 0.1) is 25.4 Å². The third-order valence-electron chi connectivity index (χ3n) is 1.98. The molecule has 72 valence electrons. The Balaban J connectivity index is 2.24. The van der Waals surface area contributed by atoms with Crippen LogP contribution in [0.1, 0.15) is 13.8 Å². The van der Waals surface area contributed by atoms with E-state index in [9.17, 15) is 5.11 Å². The largest absolute Gasteiger partial charge is 0.377 e. The summed E-state index contributed by atoms with van der Waals surface area (Å²) in [7, 11) is 1.83. The Morgan fingerprint density at radius 1 is 1.67 bits per heavy atom. The van der Waals surface area contributed by atoms with Crippen molar-refractivity contribution in [1.82, 2.24) is 4.90 Å². The molecule has 12 heavy (non-hydrogen) atoms. The summed E-state index contributed by atoms with van der Waals surface area (Å²) < 4.78 is 10.4. The molecule has 1 heterocycles. The van der Waals surface area contributed by atoms with Crippen molar-refractivity contribution in [1.29, 1.82) is 0 Å². The number of ether oxygens (including phenoxy) is 2. The van der Waals surface area contributed by atoms with Crippen LogP contribution in [0.5, 0.6) is 0 Å². The van der Waals surface area contributed by atoms with Crippen LogP contribution in [0.2, 0.25) is 0 Å². The molecule has 1 fully saturated rings. The van der Waals surface area contributed by atoms with Gasteiger partial charge in [-0.1, -0.05) is 0 Å². The van der Waals surface area contributed by atoms with E-state index in [1.54, 1.807) is 4.90 Å². The van der Waals surface area contributed by atoms with Gasteiger partial charge in [0.15, 0.2) is 0 Å². The van der Waals surface area contributed by atoms with Crippen LogP contribution >= 0.6 is 0 Å². The molecule has 4 heteroatoms. The quantitative estimate of drug-likeness (QED) is 0.656. The molecule has 4 nitrogen and oxygen atoms in total. The van der Waals surface area contributed by atoms with Crippen molar-refractivity contribution in [3.05, 3.63) is 0 Å². The highest BCUT2D eigenvalue weighted by Gasteiger charge is 2.29. The van der Waals surface area contributed by atoms with E-state index in [1.807, 2.05) is 20.9 Å². The summed E-state index contributed by atoms with van der Waals surface area (Å²) in [6, 6.07) is 0.183. The minimum absolute atomic E-state index is 0.183. The fraction of sp³-hybridized carbons (Fsp3) is 1.00. The predicted octanol–water partition coefficient (Wildman–Crippen LogP) is 0.0179. The molecular weight excluding hydrogens is 158 g/mol. The maximum Gasteiger partial charge on any atom is 0.216 e. The van der Waals surface area contributed by atoms with Crippen LogP contribution in [0.3, 0.4) is 0 Å². The van der Waals surface area contributed by atoms with Crippen molar-refractivity contribution in [2.24, 2.45) is 0 Å². The first kappa shape index (κ1) is 9.92. The molecule has 0 aromatic rings. The topological polar surface area (TPSA) is 41.9 Å². The predicted molar refractivity (Wildman–Crippen MR) is 44.6 cm³/mol. The minimum Gasteiger partial charge on any atom is -0.377 e. The van der Waals surface area contributed by atoms with Crippen LogP contribution in [0.25, 0.3) is 0 Å². The van der Waals surface area contributed by atoms with Gasteiger partial charge in [-0.05, 0) is 20.9 Å². The fourth-order valence-electron chi connectivity index (χ4n) is 1.08. The Hall–Kier alpha value is -0.160. The smallest absolute Gasteiger partial charge is 0.216 e. The van der Waals surface area contributed by atoms with Gasteiger partial charge in [0.1, 0.15) is 0 Å². The highest BCUT2D eigenvalue weighted by molar-refractivity contribution is 4.72. The van der Waals surface area contributed by atoms with Crippen LogP contribution in [0.4, 0.5) is 0 Å². The van der Waals surface area contributed by atoms with E-state index in [0.29, 0.717) is 13.2 Å². The van der Waals surface area contributed by atoms with Crippen molar-refractivity contribution < 1.29 is 14.6 Å². The van der Waals surface area contributed by atoms with Gasteiger partial charge in [0.25, 0.3) is 0 Å². The average Bonchev–Trinajstić information content (AvgIpc) is 2.30. The molecular formula is C8H17NO3. The first-order chi connectivity index (χ1) is 5.61. The second-order valence-electron chi connectivity index (χ2n) is 3.36. The van der Waals surface area contributed by atoms with Crippen LogP contribution in [-0.2, 0) is 9.47 Å². The van der Waals surface area contributed by atoms with E-state index >= 15 is 0 Å². The van der Waals surface area contributed by atoms with Gasteiger partial charge >= 0.3 is 0 Å². The van der Waals surface area contributed by atoms with E-state index in [0.717, 1.165) is 0 Å². The van der Waals surface area contributed by atoms with Crippen molar-refractivity contribution in [2.45, 2.75) is 32.4 Å². The van der Waals surface area contributed by atoms with E-state index in [-0.39, 0.29) is 12.1 Å². The molecule has 1 aliphatic heterocycles. The van der Waals surface area contributed by atoms with E-state index in [1.165, 1.54) is 0 Å². The van der Waals surface area contributed by atoms with Gasteiger partial charge in [-0.3, -0.25) is 4.90 Å². The minimum atomic E-state index is -0.759. The van der Waals surface area contributed by atoms with Gasteiger partial charge in [-0.2, -0.15) is 0 Å². The van der Waals surface area contributed by atoms with Crippen LogP contribution < -0.4 is 0 Å². The Morgan fingerprint density at radius 3 is 2.75 bits per heavy atom. The number of nitrogens with zero attached hydrogens (tertiary/aromatic N) is 1. The molecule has 0 aliphatic carbocycles. The highest BCUT2D eigenvalue weighted by atomic mass is 16.6. The van der Waals surface area contributed by atoms with E-state index in [4.69, 9.17) is 9.47 Å². The summed E-state index contributed by atoms with van der Waals surface area (Å²) in [6.45, 7) is 5.15. The summed E-state index contributed by atoms with van der Waals surface area (Å²) in [4.78, 5) is 1.77. The van der Waals surface area contributed by atoms with E-state index in [2.05, 4.69) is 0 Å². The zero-order valence-electron chi connectivity index (χ0n) is 7.86. The number of aliphatic hydroxyl groups is 1. The molecule has 0 aromatic heterocycles. The molecule has 1 rings (SSSR count). The molecule has 1 saturated heterocycles. The maximum absolute atomic E-state index is 9.18. The van der Waals surface area contributed by atoms with Gasteiger partial charge < -0.3 is 14.6 Å². The lowest BCUT2D eigenvalue weighted by atomic mass is 10.3. The first-order valence-electron chi connectivity index (χ1n) is 4.24. The molecule has 0 spiro atoms. The standard InChI is InChI=1S/C8H17NO3/c1-6(2)11-4-7-5-12-8(10)9(7)3/h6-8,10H,4-5H2,1-3H3. The van der Waals surface area contributed by atoms with Gasteiger partial charge in [-0.25, -0.2) is 0 Å². The Bertz CT molecular complexity index is 140. The van der Waals surface area contributed by atoms with Crippen molar-refractivity contribution >= 4 is 0 Å². The summed E-state index contributed by atoms with van der Waals surface area (Å²) in [6.07, 6.45) is -0.526. The number of aliphatic hydroxyl groups excluding tert-OH is 1. The first-order valence-corrected chi connectivity index (χ1v) is 4.24. The van der Waals surface area contributed by atoms with Crippen LogP contribution in [0, 0.1) is 0 Å². The molecule has 0 radical (unpaired) electrons. The highest BCUT2D eigenvalue weighted by Crippen LogP contribution is 2.12. The Morgan fingerprint density at radius 2 is 2.33 bits per heavy atom. The summed E-state index contributed by atoms with van der Waals surface area (Å²) in [5.41, 5.74) is 0. The molecule has 0 bridgehead atoms. The second-order valence-corrected chi connectivity index (χ2v) is 3.36. The summed E-state index contributed by atoms with van der Waals surface area (Å²) in [5.74, 6) is 0. The van der Waals surface area contributed by atoms with E-state index < -0.39 is 6.41 Å². The molecule has 0 saturated carbocycles. The summed E-state index contributed by atoms with van der Waals surface area (Å²) >= 11 is 0. The molecule has 2 unspecified atom stereocenters. The number of hydrogen-bond donors (Lipinski definition) is 1. The van der Waals surface area contributed by atoms with Crippen LogP contribution in [-0.4, -0.2) is 48.8 Å². The lowest BCUT2D eigenvalue weighted by Crippen LogP contribution is -2.36. The normalized spacial score (nSPS) is 31.8. The van der Waals surface area contributed by atoms with Crippen molar-refractivity contribution in [3.63, 3.8) is 0 Å². The van der Waals surface area contributed by atoms with Crippen molar-refractivity contribution in [3.8, 4) is 0 Å². The number of rotatable bonds is 3. The van der Waals surface area contributed by atoms with Gasteiger partial charge in [0, 0.05) is 0 Å². The molecule has 1 aliphatic rings. The monoisotopic (exact) mass is 175 g/mol. The summed E-state index contributed by atoms with van der Waals surface area (Å²) in [5, 5.41) is 9.18. The molecule has 0 amide bonds. The molecule has 1 N–H and O–H groups in total. The number of likely N-dealkylation sites (N-methyl/N-ethyl adjacent to an activating group) is 1. The second kappa shape index (κ2) is 4.18. The SMILES string of the molecule is CC(C)OCC1COC(O)N1C. The van der Waals surface area contributed by atoms with Gasteiger partial charge in [-0.15, -0.1) is 0 Å². The lowest BCUT2D eigenvalue weighted by Gasteiger charge is -2.20. The molecule has 0 aromatic carbocycles. The number of hydrogen-bond acceptors (Lipinski definition) is 4. The van der Waals surface area contributed by atoms with Crippen molar-refractivity contribution in [2.75, 3.05) is 20.3 Å². The zero-order chi connectivity index (χ0) is 9.14. The van der Waals surface area contributed by atoms with Crippen LogP contribution in [0.15, 0.2) is 0 Å². The Kier molecular flexibility index (Phi) is 3.46. The maximum atomic E-state index is 9.18. The lowest BCUT2D eigenvalue weighted by molar-refractivity contribution is -0.129. The average molecular weight is 175 g/mol.